The first-order valence-electron chi connectivity index (χ1n) is 12.2. The van der Waals surface area contributed by atoms with Gasteiger partial charge in [0.05, 0.1) is 17.5 Å². The van der Waals surface area contributed by atoms with Crippen LogP contribution in [-0.2, 0) is 9.59 Å². The van der Waals surface area contributed by atoms with Gasteiger partial charge in [-0.1, -0.05) is 24.3 Å². The summed E-state index contributed by atoms with van der Waals surface area (Å²) in [5.74, 6) is -0.431. The molecule has 2 aromatic rings. The average Bonchev–Trinajstić information content (AvgIpc) is 2.87. The Bertz CT molecular complexity index is 1120. The van der Waals surface area contributed by atoms with Crippen molar-refractivity contribution in [3.63, 3.8) is 0 Å². The van der Waals surface area contributed by atoms with Crippen LogP contribution in [0.5, 0.6) is 5.75 Å². The predicted molar refractivity (Wildman–Crippen MR) is 134 cm³/mol. The summed E-state index contributed by atoms with van der Waals surface area (Å²) in [6, 6.07) is 12.7. The van der Waals surface area contributed by atoms with E-state index in [1.165, 1.54) is 24.3 Å². The Morgan fingerprint density at radius 3 is 2.67 bits per heavy atom. The molecule has 0 aliphatic carbocycles. The van der Waals surface area contributed by atoms with E-state index >= 15 is 0 Å². The summed E-state index contributed by atoms with van der Waals surface area (Å²) in [5.41, 5.74) is 0.278. The van der Waals surface area contributed by atoms with Crippen LogP contribution in [0, 0.1) is 11.2 Å². The maximum atomic E-state index is 13.3. The number of anilines is 1. The Kier molecular flexibility index (Phi) is 8.32. The Labute approximate surface area is 209 Å². The summed E-state index contributed by atoms with van der Waals surface area (Å²) in [4.78, 5) is 40.5. The Morgan fingerprint density at radius 2 is 1.83 bits per heavy atom. The molecule has 0 aromatic heterocycles. The van der Waals surface area contributed by atoms with Crippen LogP contribution in [-0.4, -0.2) is 62.0 Å². The van der Waals surface area contributed by atoms with Crippen molar-refractivity contribution in [1.82, 2.24) is 15.5 Å². The number of hydrogen-bond donors (Lipinski definition) is 3. The van der Waals surface area contributed by atoms with Crippen LogP contribution in [0.3, 0.4) is 0 Å². The summed E-state index contributed by atoms with van der Waals surface area (Å²) in [5, 5.41) is 8.59. The lowest BCUT2D eigenvalue weighted by Crippen LogP contribution is -2.53. The van der Waals surface area contributed by atoms with Crippen LogP contribution in [0.25, 0.3) is 0 Å². The van der Waals surface area contributed by atoms with Gasteiger partial charge in [0.25, 0.3) is 5.91 Å². The zero-order chi connectivity index (χ0) is 25.4. The SMILES string of the molecule is O=C(CN1CCCC2(C/C=C\COc3ccccc3C(=O)NCCNC2=O)C1)Nc1ccc(F)cc1. The van der Waals surface area contributed by atoms with Gasteiger partial charge in [-0.25, -0.2) is 4.39 Å². The molecule has 2 heterocycles. The molecule has 2 aromatic carbocycles. The Hall–Kier alpha value is -3.72. The molecule has 8 nitrogen and oxygen atoms in total. The van der Waals surface area contributed by atoms with Crippen molar-refractivity contribution in [2.45, 2.75) is 19.3 Å². The summed E-state index contributed by atoms with van der Waals surface area (Å²) in [6.45, 7) is 2.11. The third kappa shape index (κ3) is 6.48. The van der Waals surface area contributed by atoms with Crippen LogP contribution in [0.15, 0.2) is 60.7 Å². The van der Waals surface area contributed by atoms with Crippen molar-refractivity contribution >= 4 is 23.4 Å². The highest BCUT2D eigenvalue weighted by Crippen LogP contribution is 2.34. The standard InChI is InChI=1S/C27H31FN4O4/c28-20-8-10-21(11-9-20)31-24(33)18-32-16-5-13-27(19-32)12-3-4-17-36-23-7-2-1-6-22(23)25(34)29-14-15-30-26(27)35/h1-4,6-11H,5,12-19H2,(H,29,34)(H,30,35)(H,31,33)/b4-3-. The minimum atomic E-state index is -0.697. The maximum absolute atomic E-state index is 13.3. The first kappa shape index (κ1) is 25.4. The normalized spacial score (nSPS) is 22.4. The number of ether oxygens (including phenoxy) is 1. The number of halogens is 1. The molecule has 1 saturated heterocycles. The van der Waals surface area contributed by atoms with Gasteiger partial charge >= 0.3 is 0 Å². The van der Waals surface area contributed by atoms with Gasteiger partial charge in [-0.3, -0.25) is 19.3 Å². The van der Waals surface area contributed by atoms with Crippen LogP contribution >= 0.6 is 0 Å². The summed E-state index contributed by atoms with van der Waals surface area (Å²) in [7, 11) is 0. The van der Waals surface area contributed by atoms with E-state index in [9.17, 15) is 18.8 Å². The highest BCUT2D eigenvalue weighted by molar-refractivity contribution is 5.97. The number of nitrogens with one attached hydrogen (secondary N) is 3. The minimum absolute atomic E-state index is 0.0941. The first-order valence-corrected chi connectivity index (χ1v) is 12.2. The van der Waals surface area contributed by atoms with Crippen LogP contribution in [0.1, 0.15) is 29.6 Å². The van der Waals surface area contributed by atoms with Gasteiger partial charge < -0.3 is 20.7 Å². The summed E-state index contributed by atoms with van der Waals surface area (Å²) >= 11 is 0. The molecule has 1 atom stereocenters. The molecule has 36 heavy (non-hydrogen) atoms. The number of likely N-dealkylation sites (tertiary alicyclic amines) is 1. The van der Waals surface area contributed by atoms with Gasteiger partial charge in [0.15, 0.2) is 0 Å². The van der Waals surface area contributed by atoms with E-state index in [2.05, 4.69) is 16.0 Å². The van der Waals surface area contributed by atoms with Gasteiger partial charge in [0, 0.05) is 25.3 Å². The smallest absolute Gasteiger partial charge is 0.255 e. The second-order valence-electron chi connectivity index (χ2n) is 9.14. The number of benzene rings is 2. The number of nitrogens with zero attached hydrogens (tertiary/aromatic N) is 1. The second-order valence-corrected chi connectivity index (χ2v) is 9.14. The summed E-state index contributed by atoms with van der Waals surface area (Å²) in [6.07, 6.45) is 5.76. The topological polar surface area (TPSA) is 99.8 Å². The van der Waals surface area contributed by atoms with Gasteiger partial charge in [-0.15, -0.1) is 0 Å². The number of para-hydroxylation sites is 1. The van der Waals surface area contributed by atoms with Crippen molar-refractivity contribution in [3.05, 3.63) is 72.1 Å². The van der Waals surface area contributed by atoms with E-state index in [4.69, 9.17) is 4.74 Å². The molecule has 1 unspecified atom stereocenters. The number of piperidine rings is 1. The summed E-state index contributed by atoms with van der Waals surface area (Å²) < 4.78 is 18.9. The zero-order valence-corrected chi connectivity index (χ0v) is 20.1. The molecule has 3 amide bonds. The second kappa shape index (κ2) is 11.8. The fraction of sp³-hybridized carbons (Fsp3) is 0.370. The Morgan fingerprint density at radius 1 is 1.06 bits per heavy atom. The molecule has 0 radical (unpaired) electrons. The lowest BCUT2D eigenvalue weighted by molar-refractivity contribution is -0.135. The van der Waals surface area contributed by atoms with Crippen LogP contribution in [0.2, 0.25) is 0 Å². The molecule has 1 fully saturated rings. The molecule has 1 spiro atoms. The van der Waals surface area contributed by atoms with E-state index in [-0.39, 0.29) is 43.2 Å². The number of carbonyl (C=O) groups is 3. The van der Waals surface area contributed by atoms with E-state index in [1.54, 1.807) is 18.2 Å². The fourth-order valence-electron chi connectivity index (χ4n) is 4.67. The largest absolute Gasteiger partial charge is 0.489 e. The highest BCUT2D eigenvalue weighted by atomic mass is 19.1. The van der Waals surface area contributed by atoms with E-state index in [0.29, 0.717) is 49.5 Å². The van der Waals surface area contributed by atoms with Crippen molar-refractivity contribution < 1.29 is 23.5 Å². The number of carbonyl (C=O) groups excluding carboxylic acids is 3. The van der Waals surface area contributed by atoms with E-state index in [1.807, 2.05) is 23.1 Å². The lowest BCUT2D eigenvalue weighted by atomic mass is 9.76. The number of amides is 3. The van der Waals surface area contributed by atoms with Gasteiger partial charge in [-0.2, -0.15) is 0 Å². The molecule has 2 aliphatic rings. The minimum Gasteiger partial charge on any atom is -0.489 e. The van der Waals surface area contributed by atoms with Crippen LogP contribution < -0.4 is 20.7 Å². The molecule has 2 aliphatic heterocycles. The van der Waals surface area contributed by atoms with Crippen molar-refractivity contribution in [2.24, 2.45) is 5.41 Å². The van der Waals surface area contributed by atoms with E-state index < -0.39 is 5.41 Å². The van der Waals surface area contributed by atoms with Gasteiger partial charge in [0.2, 0.25) is 11.8 Å². The highest BCUT2D eigenvalue weighted by Gasteiger charge is 2.41. The number of rotatable bonds is 3. The maximum Gasteiger partial charge on any atom is 0.255 e. The predicted octanol–water partition coefficient (Wildman–Crippen LogP) is 2.73. The molecule has 4 rings (SSSR count). The third-order valence-electron chi connectivity index (χ3n) is 6.47. The molecule has 0 bridgehead atoms. The molecular weight excluding hydrogens is 463 g/mol. The fourth-order valence-corrected chi connectivity index (χ4v) is 4.67. The Balaban J connectivity index is 1.43. The zero-order valence-electron chi connectivity index (χ0n) is 20.1. The van der Waals surface area contributed by atoms with Crippen LogP contribution in [0.4, 0.5) is 10.1 Å². The quantitative estimate of drug-likeness (QED) is 0.570. The van der Waals surface area contributed by atoms with Gasteiger partial charge in [0.1, 0.15) is 18.2 Å². The lowest BCUT2D eigenvalue weighted by Gasteiger charge is -2.41. The molecule has 3 N–H and O–H groups in total. The average molecular weight is 495 g/mol. The van der Waals surface area contributed by atoms with Crippen molar-refractivity contribution in [3.8, 4) is 5.75 Å². The van der Waals surface area contributed by atoms with E-state index in [0.717, 1.165) is 6.42 Å². The molecule has 9 heteroatoms. The number of fused-ring (bicyclic) bond motifs is 1. The first-order chi connectivity index (χ1) is 17.4. The third-order valence-corrected chi connectivity index (χ3v) is 6.47. The van der Waals surface area contributed by atoms with Crippen molar-refractivity contribution in [2.75, 3.05) is 44.6 Å². The number of allylic oxidation sites excluding steroid dienone is 1. The molecular formula is C27H31FN4O4. The monoisotopic (exact) mass is 494 g/mol. The van der Waals surface area contributed by atoms with Gasteiger partial charge in [-0.05, 0) is 62.2 Å². The number of hydrogen-bond acceptors (Lipinski definition) is 5. The molecule has 0 saturated carbocycles. The van der Waals surface area contributed by atoms with Crippen molar-refractivity contribution in [1.29, 1.82) is 0 Å². The molecule has 190 valence electrons.